The molecule has 0 radical (unpaired) electrons. The summed E-state index contributed by atoms with van der Waals surface area (Å²) < 4.78 is 0.978. The first-order chi connectivity index (χ1) is 8.56. The number of nitrogens with zero attached hydrogens (tertiary/aromatic N) is 1. The van der Waals surface area contributed by atoms with Crippen molar-refractivity contribution >= 4 is 27.5 Å². The van der Waals surface area contributed by atoms with Crippen molar-refractivity contribution in [3.8, 4) is 0 Å². The van der Waals surface area contributed by atoms with Crippen molar-refractivity contribution in [2.24, 2.45) is 5.73 Å². The highest BCUT2D eigenvalue weighted by molar-refractivity contribution is 9.10. The van der Waals surface area contributed by atoms with Gasteiger partial charge in [-0.25, -0.2) is 0 Å². The molecule has 1 aromatic heterocycles. The molecule has 0 aliphatic heterocycles. The molecule has 1 aromatic carbocycles. The van der Waals surface area contributed by atoms with Gasteiger partial charge in [0, 0.05) is 33.8 Å². The molecule has 94 valence electrons. The summed E-state index contributed by atoms with van der Waals surface area (Å²) >= 11 is 9.49. The molecule has 0 saturated heterocycles. The maximum Gasteiger partial charge on any atom is 0.0422 e. The maximum atomic E-state index is 6.21. The Bertz CT molecular complexity index is 540. The highest BCUT2D eigenvalue weighted by atomic mass is 79.9. The van der Waals surface area contributed by atoms with Gasteiger partial charge in [-0.1, -0.05) is 33.6 Å². The van der Waals surface area contributed by atoms with Gasteiger partial charge in [0.05, 0.1) is 0 Å². The molecule has 1 atom stereocenters. The zero-order valence-corrected chi connectivity index (χ0v) is 12.4. The predicted molar refractivity (Wildman–Crippen MR) is 78.8 cm³/mol. The van der Waals surface area contributed by atoms with Gasteiger partial charge in [0.1, 0.15) is 0 Å². The van der Waals surface area contributed by atoms with Crippen LogP contribution in [0.4, 0.5) is 0 Å². The van der Waals surface area contributed by atoms with Crippen LogP contribution in [0.1, 0.15) is 22.9 Å². The van der Waals surface area contributed by atoms with E-state index in [9.17, 15) is 0 Å². The number of pyridine rings is 1. The second-order valence-corrected chi connectivity index (χ2v) is 5.59. The van der Waals surface area contributed by atoms with Gasteiger partial charge < -0.3 is 5.73 Å². The molecule has 4 heteroatoms. The molecule has 0 amide bonds. The number of rotatable bonds is 3. The molecule has 0 aliphatic rings. The Morgan fingerprint density at radius 1 is 1.33 bits per heavy atom. The van der Waals surface area contributed by atoms with E-state index in [1.54, 1.807) is 0 Å². The lowest BCUT2D eigenvalue weighted by atomic mass is 10.0. The molecule has 2 aromatic rings. The molecule has 2 nitrogen and oxygen atoms in total. The summed E-state index contributed by atoms with van der Waals surface area (Å²) in [7, 11) is 0. The number of hydrogen-bond donors (Lipinski definition) is 1. The van der Waals surface area contributed by atoms with Crippen LogP contribution < -0.4 is 5.73 Å². The fraction of sp³-hybridized carbons (Fsp3) is 0.214. The van der Waals surface area contributed by atoms with Crippen LogP contribution in [0, 0.1) is 6.92 Å². The summed E-state index contributed by atoms with van der Waals surface area (Å²) in [6, 6.07) is 9.58. The molecule has 2 rings (SSSR count). The van der Waals surface area contributed by atoms with E-state index < -0.39 is 0 Å². The highest BCUT2D eigenvalue weighted by Crippen LogP contribution is 2.27. The standard InChI is InChI=1S/C14H14BrClN2/c1-9-2-4-11(18-8-9)7-14(17)12-6-10(16)3-5-13(12)15/h2-6,8,14H,7,17H2,1H3. The second-order valence-electron chi connectivity index (χ2n) is 4.30. The topological polar surface area (TPSA) is 38.9 Å². The molecule has 1 heterocycles. The van der Waals surface area contributed by atoms with E-state index in [-0.39, 0.29) is 6.04 Å². The molecule has 18 heavy (non-hydrogen) atoms. The van der Waals surface area contributed by atoms with E-state index >= 15 is 0 Å². The van der Waals surface area contributed by atoms with Gasteiger partial charge in [-0.05, 0) is 42.3 Å². The minimum Gasteiger partial charge on any atom is -0.324 e. The van der Waals surface area contributed by atoms with Gasteiger partial charge >= 0.3 is 0 Å². The minimum atomic E-state index is -0.117. The van der Waals surface area contributed by atoms with Crippen molar-refractivity contribution in [1.82, 2.24) is 4.98 Å². The van der Waals surface area contributed by atoms with Gasteiger partial charge in [0.15, 0.2) is 0 Å². The SMILES string of the molecule is Cc1ccc(CC(N)c2cc(Cl)ccc2Br)nc1. The normalized spacial score (nSPS) is 12.4. The van der Waals surface area contributed by atoms with Gasteiger partial charge in [-0.15, -0.1) is 0 Å². The summed E-state index contributed by atoms with van der Waals surface area (Å²) in [4.78, 5) is 4.37. The Morgan fingerprint density at radius 3 is 2.78 bits per heavy atom. The zero-order chi connectivity index (χ0) is 13.1. The van der Waals surface area contributed by atoms with Crippen LogP contribution in [0.2, 0.25) is 5.02 Å². The minimum absolute atomic E-state index is 0.117. The number of aromatic nitrogens is 1. The van der Waals surface area contributed by atoms with Crippen molar-refractivity contribution in [3.05, 3.63) is 62.8 Å². The highest BCUT2D eigenvalue weighted by Gasteiger charge is 2.12. The van der Waals surface area contributed by atoms with Crippen molar-refractivity contribution in [3.63, 3.8) is 0 Å². The molecular formula is C14H14BrClN2. The Labute approximate surface area is 120 Å². The molecule has 0 fully saturated rings. The third-order valence-electron chi connectivity index (χ3n) is 2.76. The summed E-state index contributed by atoms with van der Waals surface area (Å²) in [5, 5.41) is 0.695. The third kappa shape index (κ3) is 3.31. The van der Waals surface area contributed by atoms with Crippen LogP contribution in [0.3, 0.4) is 0 Å². The van der Waals surface area contributed by atoms with E-state index in [0.29, 0.717) is 11.4 Å². The lowest BCUT2D eigenvalue weighted by Crippen LogP contribution is -2.14. The largest absolute Gasteiger partial charge is 0.324 e. The summed E-state index contributed by atoms with van der Waals surface area (Å²) in [6.07, 6.45) is 2.55. The Hall–Kier alpha value is -0.900. The molecule has 0 aliphatic carbocycles. The van der Waals surface area contributed by atoms with Crippen LogP contribution >= 0.6 is 27.5 Å². The summed E-state index contributed by atoms with van der Waals surface area (Å²) in [5.74, 6) is 0. The molecule has 0 saturated carbocycles. The number of aryl methyl sites for hydroxylation is 1. The lowest BCUT2D eigenvalue weighted by molar-refractivity contribution is 0.703. The average Bonchev–Trinajstić information content (AvgIpc) is 2.35. The summed E-state index contributed by atoms with van der Waals surface area (Å²) in [6.45, 7) is 2.02. The number of halogens is 2. The van der Waals surface area contributed by atoms with E-state index in [0.717, 1.165) is 21.3 Å². The quantitative estimate of drug-likeness (QED) is 0.924. The van der Waals surface area contributed by atoms with Crippen molar-refractivity contribution < 1.29 is 0 Å². The van der Waals surface area contributed by atoms with E-state index in [1.165, 1.54) is 0 Å². The van der Waals surface area contributed by atoms with Crippen LogP contribution in [0.5, 0.6) is 0 Å². The predicted octanol–water partition coefficient (Wildman–Crippen LogP) is 4.05. The first-order valence-corrected chi connectivity index (χ1v) is 6.85. The number of nitrogens with two attached hydrogens (primary N) is 1. The Kier molecular flexibility index (Phi) is 4.38. The smallest absolute Gasteiger partial charge is 0.0422 e. The van der Waals surface area contributed by atoms with Crippen LogP contribution in [-0.4, -0.2) is 4.98 Å². The van der Waals surface area contributed by atoms with Crippen LogP contribution in [-0.2, 0) is 6.42 Å². The number of hydrogen-bond acceptors (Lipinski definition) is 2. The van der Waals surface area contributed by atoms with Crippen molar-refractivity contribution in [2.75, 3.05) is 0 Å². The second kappa shape index (κ2) is 5.83. The molecule has 0 spiro atoms. The maximum absolute atomic E-state index is 6.21. The van der Waals surface area contributed by atoms with E-state index in [1.807, 2.05) is 43.5 Å². The summed E-state index contributed by atoms with van der Waals surface area (Å²) in [5.41, 5.74) is 9.35. The van der Waals surface area contributed by atoms with Gasteiger partial charge in [0.2, 0.25) is 0 Å². The van der Waals surface area contributed by atoms with Crippen molar-refractivity contribution in [2.45, 2.75) is 19.4 Å². The molecule has 0 bridgehead atoms. The van der Waals surface area contributed by atoms with Crippen LogP contribution in [0.25, 0.3) is 0 Å². The van der Waals surface area contributed by atoms with E-state index in [4.69, 9.17) is 17.3 Å². The molecule has 1 unspecified atom stereocenters. The Balaban J connectivity index is 2.18. The average molecular weight is 326 g/mol. The molecule has 2 N–H and O–H groups in total. The van der Waals surface area contributed by atoms with Gasteiger partial charge in [0.25, 0.3) is 0 Å². The van der Waals surface area contributed by atoms with Gasteiger partial charge in [-0.3, -0.25) is 4.98 Å². The monoisotopic (exact) mass is 324 g/mol. The first-order valence-electron chi connectivity index (χ1n) is 5.68. The number of benzene rings is 1. The van der Waals surface area contributed by atoms with Crippen molar-refractivity contribution in [1.29, 1.82) is 0 Å². The molecular weight excluding hydrogens is 312 g/mol. The Morgan fingerprint density at radius 2 is 2.11 bits per heavy atom. The fourth-order valence-corrected chi connectivity index (χ4v) is 2.47. The van der Waals surface area contributed by atoms with Gasteiger partial charge in [-0.2, -0.15) is 0 Å². The zero-order valence-electron chi connectivity index (χ0n) is 10.0. The fourth-order valence-electron chi connectivity index (χ4n) is 1.75. The lowest BCUT2D eigenvalue weighted by Gasteiger charge is -2.14. The first kappa shape index (κ1) is 13.5. The third-order valence-corrected chi connectivity index (χ3v) is 3.72. The van der Waals surface area contributed by atoms with Crippen LogP contribution in [0.15, 0.2) is 41.0 Å². The van der Waals surface area contributed by atoms with E-state index in [2.05, 4.69) is 20.9 Å².